The molecule has 3 rings (SSSR count). The van der Waals surface area contributed by atoms with Gasteiger partial charge in [-0.3, -0.25) is 4.98 Å². The SMILES string of the molecule is CC1(C(O)c2ccc3cccnc3c2)CCCS1. The Balaban J connectivity index is 1.98. The van der Waals surface area contributed by atoms with Crippen LogP contribution in [0.25, 0.3) is 10.9 Å². The summed E-state index contributed by atoms with van der Waals surface area (Å²) in [4.78, 5) is 4.36. The number of hydrogen-bond donors (Lipinski definition) is 1. The minimum Gasteiger partial charge on any atom is -0.387 e. The monoisotopic (exact) mass is 259 g/mol. The van der Waals surface area contributed by atoms with Crippen molar-refractivity contribution in [2.45, 2.75) is 30.6 Å². The molecule has 18 heavy (non-hydrogen) atoms. The van der Waals surface area contributed by atoms with E-state index in [1.807, 2.05) is 42.1 Å². The summed E-state index contributed by atoms with van der Waals surface area (Å²) in [5, 5.41) is 11.7. The molecule has 2 unspecified atom stereocenters. The highest BCUT2D eigenvalue weighted by Crippen LogP contribution is 2.46. The van der Waals surface area contributed by atoms with Gasteiger partial charge in [-0.2, -0.15) is 11.8 Å². The Morgan fingerprint density at radius 2 is 2.28 bits per heavy atom. The molecule has 2 aromatic rings. The first-order chi connectivity index (χ1) is 8.69. The first-order valence-corrected chi connectivity index (χ1v) is 7.34. The Hall–Kier alpha value is -1.06. The third-order valence-corrected chi connectivity index (χ3v) is 5.35. The van der Waals surface area contributed by atoms with Crippen molar-refractivity contribution in [2.24, 2.45) is 0 Å². The van der Waals surface area contributed by atoms with Crippen LogP contribution in [0.15, 0.2) is 36.5 Å². The van der Waals surface area contributed by atoms with Crippen LogP contribution < -0.4 is 0 Å². The molecule has 2 nitrogen and oxygen atoms in total. The predicted molar refractivity (Wildman–Crippen MR) is 76.8 cm³/mol. The van der Waals surface area contributed by atoms with E-state index in [0.29, 0.717) is 0 Å². The molecule has 0 bridgehead atoms. The van der Waals surface area contributed by atoms with Gasteiger partial charge in [0.05, 0.1) is 11.6 Å². The number of rotatable bonds is 2. The molecule has 2 heterocycles. The first-order valence-electron chi connectivity index (χ1n) is 6.36. The number of thioether (sulfide) groups is 1. The molecule has 1 aromatic heterocycles. The van der Waals surface area contributed by atoms with Crippen LogP contribution in [0.3, 0.4) is 0 Å². The van der Waals surface area contributed by atoms with Gasteiger partial charge in [-0.25, -0.2) is 0 Å². The van der Waals surface area contributed by atoms with Gasteiger partial charge in [0.2, 0.25) is 0 Å². The predicted octanol–water partition coefficient (Wildman–Crippen LogP) is 3.55. The molecule has 94 valence electrons. The molecule has 3 heteroatoms. The van der Waals surface area contributed by atoms with Crippen LogP contribution in [0.1, 0.15) is 31.4 Å². The smallest absolute Gasteiger partial charge is 0.0934 e. The fourth-order valence-corrected chi connectivity index (χ4v) is 3.96. The summed E-state index contributed by atoms with van der Waals surface area (Å²) < 4.78 is -0.0392. The van der Waals surface area contributed by atoms with Gasteiger partial charge in [-0.1, -0.05) is 18.2 Å². The second-order valence-electron chi connectivity index (χ2n) is 5.12. The van der Waals surface area contributed by atoms with Crippen molar-refractivity contribution >= 4 is 22.7 Å². The lowest BCUT2D eigenvalue weighted by Crippen LogP contribution is -2.26. The standard InChI is InChI=1S/C15H17NOS/c1-15(7-3-9-18-15)14(17)12-6-5-11-4-2-8-16-13(11)10-12/h2,4-6,8,10,14,17H,3,7,9H2,1H3. The molecule has 0 amide bonds. The Morgan fingerprint density at radius 3 is 3.06 bits per heavy atom. The van der Waals surface area contributed by atoms with Crippen LogP contribution in [0.5, 0.6) is 0 Å². The van der Waals surface area contributed by atoms with Crippen LogP contribution in [0.2, 0.25) is 0 Å². The van der Waals surface area contributed by atoms with Crippen molar-refractivity contribution in [1.82, 2.24) is 4.98 Å². The summed E-state index contributed by atoms with van der Waals surface area (Å²) in [6, 6.07) is 10.1. The second-order valence-corrected chi connectivity index (χ2v) is 6.75. The molecule has 0 spiro atoms. The van der Waals surface area contributed by atoms with Gasteiger partial charge in [0.25, 0.3) is 0 Å². The molecule has 0 saturated carbocycles. The number of fused-ring (bicyclic) bond motifs is 1. The van der Waals surface area contributed by atoms with E-state index in [-0.39, 0.29) is 4.75 Å². The van der Waals surface area contributed by atoms with Crippen LogP contribution in [0, 0.1) is 0 Å². The summed E-state index contributed by atoms with van der Waals surface area (Å²) in [7, 11) is 0. The maximum atomic E-state index is 10.6. The topological polar surface area (TPSA) is 33.1 Å². The number of benzene rings is 1. The summed E-state index contributed by atoms with van der Waals surface area (Å²) in [5.41, 5.74) is 1.94. The lowest BCUT2D eigenvalue weighted by atomic mass is 9.92. The van der Waals surface area contributed by atoms with E-state index in [1.54, 1.807) is 6.20 Å². The van der Waals surface area contributed by atoms with Crippen LogP contribution in [0.4, 0.5) is 0 Å². The van der Waals surface area contributed by atoms with Crippen molar-refractivity contribution in [3.05, 3.63) is 42.1 Å². The van der Waals surface area contributed by atoms with Crippen molar-refractivity contribution in [3.63, 3.8) is 0 Å². The zero-order valence-electron chi connectivity index (χ0n) is 10.5. The molecule has 1 saturated heterocycles. The Labute approximate surface area is 111 Å². The third-order valence-electron chi connectivity index (χ3n) is 3.77. The summed E-state index contributed by atoms with van der Waals surface area (Å²) >= 11 is 1.88. The van der Waals surface area contributed by atoms with Crippen LogP contribution in [-0.2, 0) is 0 Å². The maximum absolute atomic E-state index is 10.6. The molecule has 1 aliphatic rings. The number of aliphatic hydroxyl groups excluding tert-OH is 1. The minimum atomic E-state index is -0.406. The summed E-state index contributed by atoms with van der Waals surface area (Å²) in [6.07, 6.45) is 3.67. The van der Waals surface area contributed by atoms with Crippen LogP contribution in [-0.4, -0.2) is 20.6 Å². The highest BCUT2D eigenvalue weighted by atomic mass is 32.2. The molecule has 1 aliphatic heterocycles. The highest BCUT2D eigenvalue weighted by Gasteiger charge is 2.37. The Morgan fingerprint density at radius 1 is 1.39 bits per heavy atom. The van der Waals surface area contributed by atoms with Gasteiger partial charge >= 0.3 is 0 Å². The minimum absolute atomic E-state index is 0.0392. The summed E-state index contributed by atoms with van der Waals surface area (Å²) in [6.45, 7) is 2.16. The fourth-order valence-electron chi connectivity index (χ4n) is 2.62. The van der Waals surface area contributed by atoms with Crippen molar-refractivity contribution < 1.29 is 5.11 Å². The van der Waals surface area contributed by atoms with Gasteiger partial charge in [-0.05, 0) is 43.2 Å². The molecule has 1 fully saturated rings. The normalized spacial score (nSPS) is 25.4. The average molecular weight is 259 g/mol. The van der Waals surface area contributed by atoms with Gasteiger partial charge in [0, 0.05) is 16.3 Å². The molecule has 0 radical (unpaired) electrons. The number of aromatic nitrogens is 1. The van der Waals surface area contributed by atoms with Gasteiger partial charge in [-0.15, -0.1) is 0 Å². The van der Waals surface area contributed by atoms with E-state index in [0.717, 1.165) is 28.6 Å². The van der Waals surface area contributed by atoms with Crippen molar-refractivity contribution in [2.75, 3.05) is 5.75 Å². The van der Waals surface area contributed by atoms with Gasteiger partial charge in [0.1, 0.15) is 0 Å². The zero-order valence-corrected chi connectivity index (χ0v) is 11.3. The van der Waals surface area contributed by atoms with E-state index in [9.17, 15) is 5.11 Å². The fraction of sp³-hybridized carbons (Fsp3) is 0.400. The molecular formula is C15H17NOS. The van der Waals surface area contributed by atoms with Gasteiger partial charge < -0.3 is 5.11 Å². The number of hydrogen-bond acceptors (Lipinski definition) is 3. The lowest BCUT2D eigenvalue weighted by molar-refractivity contribution is 0.135. The lowest BCUT2D eigenvalue weighted by Gasteiger charge is -2.29. The third kappa shape index (κ3) is 2.02. The quantitative estimate of drug-likeness (QED) is 0.895. The molecule has 0 aliphatic carbocycles. The molecular weight excluding hydrogens is 242 g/mol. The largest absolute Gasteiger partial charge is 0.387 e. The Kier molecular flexibility index (Phi) is 3.04. The number of nitrogens with zero attached hydrogens (tertiary/aromatic N) is 1. The summed E-state index contributed by atoms with van der Waals surface area (Å²) in [5.74, 6) is 1.15. The Bertz CT molecular complexity index is 563. The van der Waals surface area contributed by atoms with Crippen molar-refractivity contribution in [3.8, 4) is 0 Å². The maximum Gasteiger partial charge on any atom is 0.0934 e. The van der Waals surface area contributed by atoms with E-state index in [1.165, 1.54) is 6.42 Å². The van der Waals surface area contributed by atoms with E-state index in [2.05, 4.69) is 11.9 Å². The molecule has 1 aromatic carbocycles. The molecule has 1 N–H and O–H groups in total. The second kappa shape index (κ2) is 4.56. The van der Waals surface area contributed by atoms with E-state index < -0.39 is 6.10 Å². The first kappa shape index (κ1) is 12.0. The number of pyridine rings is 1. The average Bonchev–Trinajstić information content (AvgIpc) is 2.85. The molecule has 2 atom stereocenters. The van der Waals surface area contributed by atoms with E-state index in [4.69, 9.17) is 0 Å². The highest BCUT2D eigenvalue weighted by molar-refractivity contribution is 8.00. The van der Waals surface area contributed by atoms with Crippen LogP contribution >= 0.6 is 11.8 Å². The van der Waals surface area contributed by atoms with Gasteiger partial charge in [0.15, 0.2) is 0 Å². The number of aliphatic hydroxyl groups is 1. The van der Waals surface area contributed by atoms with E-state index >= 15 is 0 Å². The zero-order chi connectivity index (χ0) is 12.6. The van der Waals surface area contributed by atoms with Crippen molar-refractivity contribution in [1.29, 1.82) is 0 Å².